The highest BCUT2D eigenvalue weighted by Crippen LogP contribution is 2.47. The van der Waals surface area contributed by atoms with Gasteiger partial charge in [-0.2, -0.15) is 0 Å². The van der Waals surface area contributed by atoms with E-state index >= 15 is 0 Å². The second-order valence-electron chi connectivity index (χ2n) is 9.20. The number of hydrogen-bond acceptors (Lipinski definition) is 6. The molecular weight excluding hydrogens is 448 g/mol. The molecule has 0 N–H and O–H groups in total. The number of carbonyl (C=O) groups is 1. The van der Waals surface area contributed by atoms with E-state index in [1.165, 1.54) is 24.3 Å². The first-order valence-corrected chi connectivity index (χ1v) is 11.5. The highest BCUT2D eigenvalue weighted by molar-refractivity contribution is 6.08. The zero-order chi connectivity index (χ0) is 24.6. The molecule has 3 aromatic carbocycles. The number of para-hydroxylation sites is 1. The number of fused-ring (bicyclic) bond motifs is 2. The number of anilines is 1. The number of piperidine rings is 1. The quantitative estimate of drug-likeness (QED) is 0.393. The van der Waals surface area contributed by atoms with Gasteiger partial charge < -0.3 is 4.90 Å². The number of rotatable bonds is 5. The summed E-state index contributed by atoms with van der Waals surface area (Å²) in [7, 11) is 0. The van der Waals surface area contributed by atoms with Gasteiger partial charge in [0.1, 0.15) is 0 Å². The standard InChI is InChI=1S/C26H24N4O5/c31-25(20-6-4-8-22(16-20)30(34)35)28-18-26(23-9-1-2-10-24(23)28)11-13-27(14-12-26)17-19-5-3-7-21(15-19)29(32)33/h1-10,15-16H,11-14,17-18H2. The molecule has 3 aromatic rings. The van der Waals surface area contributed by atoms with Gasteiger partial charge in [0.25, 0.3) is 17.3 Å². The van der Waals surface area contributed by atoms with Crippen molar-refractivity contribution in [2.75, 3.05) is 24.5 Å². The van der Waals surface area contributed by atoms with Gasteiger partial charge in [-0.15, -0.1) is 0 Å². The fourth-order valence-corrected chi connectivity index (χ4v) is 5.31. The van der Waals surface area contributed by atoms with Gasteiger partial charge in [-0.05, 0) is 49.2 Å². The molecule has 0 radical (unpaired) electrons. The Labute approximate surface area is 201 Å². The van der Waals surface area contributed by atoms with Gasteiger partial charge in [-0.1, -0.05) is 36.4 Å². The van der Waals surface area contributed by atoms with Crippen LogP contribution >= 0.6 is 0 Å². The number of non-ortho nitro benzene ring substituents is 2. The normalized spacial score (nSPS) is 16.7. The lowest BCUT2D eigenvalue weighted by Crippen LogP contribution is -2.45. The zero-order valence-electron chi connectivity index (χ0n) is 19.0. The molecule has 9 heteroatoms. The predicted octanol–water partition coefficient (Wildman–Crippen LogP) is 4.70. The Bertz CT molecular complexity index is 1320. The molecule has 178 valence electrons. The molecule has 0 aliphatic carbocycles. The highest BCUT2D eigenvalue weighted by Gasteiger charge is 2.46. The molecule has 1 saturated heterocycles. The van der Waals surface area contributed by atoms with Crippen molar-refractivity contribution in [2.45, 2.75) is 24.8 Å². The molecule has 0 atom stereocenters. The van der Waals surface area contributed by atoms with Gasteiger partial charge in [-0.3, -0.25) is 29.9 Å². The summed E-state index contributed by atoms with van der Waals surface area (Å²) in [5, 5.41) is 22.3. The van der Waals surface area contributed by atoms with E-state index in [0.29, 0.717) is 18.7 Å². The van der Waals surface area contributed by atoms with Gasteiger partial charge in [0.15, 0.2) is 0 Å². The van der Waals surface area contributed by atoms with Crippen LogP contribution in [-0.4, -0.2) is 40.3 Å². The first kappa shape index (κ1) is 22.7. The van der Waals surface area contributed by atoms with E-state index in [-0.39, 0.29) is 27.6 Å². The van der Waals surface area contributed by atoms with Crippen LogP contribution in [0.1, 0.15) is 34.3 Å². The summed E-state index contributed by atoms with van der Waals surface area (Å²) in [6, 6.07) is 20.5. The number of carbonyl (C=O) groups excluding carboxylic acids is 1. The van der Waals surface area contributed by atoms with Crippen LogP contribution in [0, 0.1) is 20.2 Å². The second kappa shape index (κ2) is 8.92. The Balaban J connectivity index is 1.35. The van der Waals surface area contributed by atoms with Crippen molar-refractivity contribution in [3.63, 3.8) is 0 Å². The molecule has 2 aliphatic heterocycles. The van der Waals surface area contributed by atoms with Crippen LogP contribution in [0.3, 0.4) is 0 Å². The van der Waals surface area contributed by atoms with Crippen LogP contribution in [0.5, 0.6) is 0 Å². The second-order valence-corrected chi connectivity index (χ2v) is 9.20. The van der Waals surface area contributed by atoms with Crippen molar-refractivity contribution in [2.24, 2.45) is 0 Å². The van der Waals surface area contributed by atoms with E-state index < -0.39 is 4.92 Å². The van der Waals surface area contributed by atoms with Gasteiger partial charge in [0.2, 0.25) is 0 Å². The molecule has 35 heavy (non-hydrogen) atoms. The molecule has 1 spiro atoms. The molecule has 1 amide bonds. The third-order valence-corrected chi connectivity index (χ3v) is 7.12. The van der Waals surface area contributed by atoms with Gasteiger partial charge in [-0.25, -0.2) is 0 Å². The lowest BCUT2D eigenvalue weighted by atomic mass is 9.74. The van der Waals surface area contributed by atoms with Crippen LogP contribution in [-0.2, 0) is 12.0 Å². The third-order valence-electron chi connectivity index (χ3n) is 7.12. The minimum absolute atomic E-state index is 0.0935. The molecule has 0 saturated carbocycles. The first-order chi connectivity index (χ1) is 16.9. The zero-order valence-corrected chi connectivity index (χ0v) is 19.0. The number of nitro groups is 2. The smallest absolute Gasteiger partial charge is 0.270 e. The fraction of sp³-hybridized carbons (Fsp3) is 0.269. The molecular formula is C26H24N4O5. The Morgan fingerprint density at radius 2 is 1.51 bits per heavy atom. The van der Waals surface area contributed by atoms with E-state index in [1.54, 1.807) is 23.1 Å². The Morgan fingerprint density at radius 3 is 2.23 bits per heavy atom. The van der Waals surface area contributed by atoms with Crippen molar-refractivity contribution in [3.8, 4) is 0 Å². The molecule has 0 bridgehead atoms. The first-order valence-electron chi connectivity index (χ1n) is 11.5. The van der Waals surface area contributed by atoms with Crippen molar-refractivity contribution in [1.29, 1.82) is 0 Å². The van der Waals surface area contributed by atoms with E-state index in [9.17, 15) is 25.0 Å². The summed E-state index contributed by atoms with van der Waals surface area (Å²) >= 11 is 0. The molecule has 0 aromatic heterocycles. The Morgan fingerprint density at radius 1 is 0.857 bits per heavy atom. The summed E-state index contributed by atoms with van der Waals surface area (Å²) in [4.78, 5) is 38.9. The fourth-order valence-electron chi connectivity index (χ4n) is 5.31. The van der Waals surface area contributed by atoms with Gasteiger partial charge >= 0.3 is 0 Å². The maximum atomic E-state index is 13.4. The topological polar surface area (TPSA) is 110 Å². The summed E-state index contributed by atoms with van der Waals surface area (Å²) in [5.74, 6) is -0.239. The van der Waals surface area contributed by atoms with E-state index in [0.717, 1.165) is 42.7 Å². The number of hydrogen-bond donors (Lipinski definition) is 0. The average molecular weight is 473 g/mol. The lowest BCUT2D eigenvalue weighted by Gasteiger charge is -2.40. The van der Waals surface area contributed by atoms with E-state index in [2.05, 4.69) is 11.0 Å². The number of nitrogens with zero attached hydrogens (tertiary/aromatic N) is 4. The van der Waals surface area contributed by atoms with Gasteiger partial charge in [0, 0.05) is 54.0 Å². The summed E-state index contributed by atoms with van der Waals surface area (Å²) < 4.78 is 0. The van der Waals surface area contributed by atoms with Crippen LogP contribution < -0.4 is 4.90 Å². The molecule has 9 nitrogen and oxygen atoms in total. The minimum Gasteiger partial charge on any atom is -0.307 e. The molecule has 5 rings (SSSR count). The van der Waals surface area contributed by atoms with Crippen LogP contribution in [0.2, 0.25) is 0 Å². The van der Waals surface area contributed by atoms with Crippen LogP contribution in [0.15, 0.2) is 72.8 Å². The summed E-state index contributed by atoms with van der Waals surface area (Å²) in [6.07, 6.45) is 1.69. The molecule has 0 unspecified atom stereocenters. The maximum Gasteiger partial charge on any atom is 0.270 e. The SMILES string of the molecule is O=C(c1cccc([N+](=O)[O-])c1)N1CC2(CCN(Cc3cccc([N+](=O)[O-])c3)CC2)c2ccccc21. The van der Waals surface area contributed by atoms with Crippen LogP contribution in [0.4, 0.5) is 17.1 Å². The van der Waals surface area contributed by atoms with Crippen molar-refractivity contribution < 1.29 is 14.6 Å². The van der Waals surface area contributed by atoms with Gasteiger partial charge in [0.05, 0.1) is 9.85 Å². The largest absolute Gasteiger partial charge is 0.307 e. The predicted molar refractivity (Wildman–Crippen MR) is 131 cm³/mol. The number of amides is 1. The summed E-state index contributed by atoms with van der Waals surface area (Å²) in [6.45, 7) is 2.76. The minimum atomic E-state index is -0.493. The van der Waals surface area contributed by atoms with E-state index in [1.807, 2.05) is 24.3 Å². The highest BCUT2D eigenvalue weighted by atomic mass is 16.6. The number of benzene rings is 3. The Kier molecular flexibility index (Phi) is 5.78. The van der Waals surface area contributed by atoms with Crippen molar-refractivity contribution in [3.05, 3.63) is 110 Å². The van der Waals surface area contributed by atoms with Crippen molar-refractivity contribution >= 4 is 23.0 Å². The molecule has 2 heterocycles. The summed E-state index contributed by atoms with van der Waals surface area (Å²) in [5.41, 5.74) is 3.00. The van der Waals surface area contributed by atoms with Crippen LogP contribution in [0.25, 0.3) is 0 Å². The third kappa shape index (κ3) is 4.26. The van der Waals surface area contributed by atoms with E-state index in [4.69, 9.17) is 0 Å². The number of likely N-dealkylation sites (tertiary alicyclic amines) is 1. The number of nitro benzene ring substituents is 2. The average Bonchev–Trinajstić information content (AvgIpc) is 3.19. The van der Waals surface area contributed by atoms with Crippen molar-refractivity contribution in [1.82, 2.24) is 4.90 Å². The maximum absolute atomic E-state index is 13.4. The monoisotopic (exact) mass is 472 g/mol. The lowest BCUT2D eigenvalue weighted by molar-refractivity contribution is -0.385. The molecule has 2 aliphatic rings. The Hall–Kier alpha value is -4.11. The molecule has 1 fully saturated rings.